The van der Waals surface area contributed by atoms with Crippen LogP contribution in [0, 0.1) is 23.0 Å². The highest BCUT2D eigenvalue weighted by Gasteiger charge is 2.21. The number of nitrogens with one attached hydrogen (secondary N) is 1. The summed E-state index contributed by atoms with van der Waals surface area (Å²) in [6.07, 6.45) is 2.44. The van der Waals surface area contributed by atoms with E-state index < -0.39 is 11.6 Å². The zero-order chi connectivity index (χ0) is 16.0. The Labute approximate surface area is 128 Å². The van der Waals surface area contributed by atoms with Gasteiger partial charge in [-0.2, -0.15) is 0 Å². The van der Waals surface area contributed by atoms with Gasteiger partial charge in [-0.05, 0) is 49.3 Å². The van der Waals surface area contributed by atoms with Crippen molar-refractivity contribution in [3.8, 4) is 0 Å². The van der Waals surface area contributed by atoms with E-state index in [2.05, 4.69) is 33.0 Å². The van der Waals surface area contributed by atoms with E-state index in [1.54, 1.807) is 0 Å². The summed E-state index contributed by atoms with van der Waals surface area (Å²) in [6.45, 7) is 11.7. The van der Waals surface area contributed by atoms with Crippen LogP contribution in [0.15, 0.2) is 18.2 Å². The van der Waals surface area contributed by atoms with Crippen molar-refractivity contribution >= 4 is 0 Å². The van der Waals surface area contributed by atoms with E-state index in [1.165, 1.54) is 18.2 Å². The standard InChI is InChI=1S/C18H29F2N/c1-6-21-14(10-13(2)12-18(3,4)5)11-15-16(19)8-7-9-17(15)20/h7-9,13-14,21H,6,10-12H2,1-5H3. The number of benzene rings is 1. The highest BCUT2D eigenvalue weighted by atomic mass is 19.1. The van der Waals surface area contributed by atoms with E-state index in [9.17, 15) is 8.78 Å². The van der Waals surface area contributed by atoms with Crippen LogP contribution in [0.2, 0.25) is 0 Å². The predicted octanol–water partition coefficient (Wildman–Crippen LogP) is 4.95. The van der Waals surface area contributed by atoms with Gasteiger partial charge in [-0.1, -0.05) is 40.7 Å². The van der Waals surface area contributed by atoms with Gasteiger partial charge in [0.05, 0.1) is 0 Å². The van der Waals surface area contributed by atoms with Crippen molar-refractivity contribution in [1.29, 1.82) is 0 Å². The lowest BCUT2D eigenvalue weighted by atomic mass is 9.82. The predicted molar refractivity (Wildman–Crippen MR) is 85.4 cm³/mol. The summed E-state index contributed by atoms with van der Waals surface area (Å²) in [5.41, 5.74) is 0.478. The average molecular weight is 297 g/mol. The van der Waals surface area contributed by atoms with Crippen LogP contribution in [-0.4, -0.2) is 12.6 Å². The molecule has 2 atom stereocenters. The molecule has 0 aromatic heterocycles. The Morgan fingerprint density at radius 1 is 1.14 bits per heavy atom. The molecule has 1 rings (SSSR count). The maximum atomic E-state index is 13.8. The molecule has 1 N–H and O–H groups in total. The first-order valence-electron chi connectivity index (χ1n) is 7.89. The second kappa shape index (κ2) is 7.88. The third-order valence-corrected chi connectivity index (χ3v) is 3.65. The van der Waals surface area contributed by atoms with Crippen LogP contribution in [0.5, 0.6) is 0 Å². The van der Waals surface area contributed by atoms with Crippen molar-refractivity contribution in [3.05, 3.63) is 35.4 Å². The molecule has 1 nitrogen and oxygen atoms in total. The summed E-state index contributed by atoms with van der Waals surface area (Å²) in [5, 5.41) is 3.37. The van der Waals surface area contributed by atoms with Gasteiger partial charge < -0.3 is 5.32 Å². The molecule has 0 fully saturated rings. The average Bonchev–Trinajstić information content (AvgIpc) is 2.31. The quantitative estimate of drug-likeness (QED) is 0.751. The maximum Gasteiger partial charge on any atom is 0.129 e. The molecule has 0 aliphatic heterocycles. The van der Waals surface area contributed by atoms with Gasteiger partial charge in [-0.25, -0.2) is 8.78 Å². The number of halogens is 2. The third kappa shape index (κ3) is 6.56. The second-order valence-electron chi connectivity index (χ2n) is 7.26. The Morgan fingerprint density at radius 2 is 1.71 bits per heavy atom. The first-order chi connectivity index (χ1) is 9.73. The first-order valence-corrected chi connectivity index (χ1v) is 7.89. The van der Waals surface area contributed by atoms with Crippen molar-refractivity contribution in [3.63, 3.8) is 0 Å². The molecule has 0 spiro atoms. The van der Waals surface area contributed by atoms with Crippen LogP contribution >= 0.6 is 0 Å². The van der Waals surface area contributed by atoms with Crippen LogP contribution in [0.3, 0.4) is 0 Å². The zero-order valence-corrected chi connectivity index (χ0v) is 14.0. The van der Waals surface area contributed by atoms with E-state index in [0.29, 0.717) is 12.3 Å². The summed E-state index contributed by atoms with van der Waals surface area (Å²) >= 11 is 0. The van der Waals surface area contributed by atoms with Crippen molar-refractivity contribution in [2.75, 3.05) is 6.54 Å². The molecular formula is C18H29F2N. The van der Waals surface area contributed by atoms with Crippen LogP contribution in [0.25, 0.3) is 0 Å². The lowest BCUT2D eigenvalue weighted by molar-refractivity contribution is 0.274. The fourth-order valence-electron chi connectivity index (χ4n) is 3.12. The van der Waals surface area contributed by atoms with E-state index in [1.807, 2.05) is 6.92 Å². The summed E-state index contributed by atoms with van der Waals surface area (Å²) < 4.78 is 27.6. The fourth-order valence-corrected chi connectivity index (χ4v) is 3.12. The number of likely N-dealkylation sites (N-methyl/N-ethyl adjacent to an activating group) is 1. The Bertz CT molecular complexity index is 417. The molecule has 0 amide bonds. The third-order valence-electron chi connectivity index (χ3n) is 3.65. The van der Waals surface area contributed by atoms with Crippen LogP contribution in [0.4, 0.5) is 8.78 Å². The second-order valence-corrected chi connectivity index (χ2v) is 7.26. The van der Waals surface area contributed by atoms with Crippen LogP contribution in [0.1, 0.15) is 53.0 Å². The molecule has 0 saturated carbocycles. The van der Waals surface area contributed by atoms with Crippen LogP contribution < -0.4 is 5.32 Å². The lowest BCUT2D eigenvalue weighted by Crippen LogP contribution is -2.34. The minimum absolute atomic E-state index is 0.110. The molecule has 2 unspecified atom stereocenters. The molecule has 0 saturated heterocycles. The summed E-state index contributed by atoms with van der Waals surface area (Å²) in [4.78, 5) is 0. The van der Waals surface area contributed by atoms with E-state index in [0.717, 1.165) is 19.4 Å². The Morgan fingerprint density at radius 3 is 2.19 bits per heavy atom. The Hall–Kier alpha value is -0.960. The number of rotatable bonds is 7. The molecule has 1 aromatic carbocycles. The molecular weight excluding hydrogens is 268 g/mol. The Kier molecular flexibility index (Phi) is 6.79. The van der Waals surface area contributed by atoms with Crippen molar-refractivity contribution in [2.45, 2.75) is 59.9 Å². The fraction of sp³-hybridized carbons (Fsp3) is 0.667. The van der Waals surface area contributed by atoms with Gasteiger partial charge in [0.25, 0.3) is 0 Å². The number of hydrogen-bond acceptors (Lipinski definition) is 1. The van der Waals surface area contributed by atoms with Gasteiger partial charge >= 0.3 is 0 Å². The molecule has 21 heavy (non-hydrogen) atoms. The van der Waals surface area contributed by atoms with Crippen molar-refractivity contribution in [2.24, 2.45) is 11.3 Å². The van der Waals surface area contributed by atoms with Gasteiger partial charge in [-0.15, -0.1) is 0 Å². The molecule has 1 aromatic rings. The molecule has 0 aliphatic carbocycles. The normalized spacial score (nSPS) is 15.0. The molecule has 0 radical (unpaired) electrons. The summed E-state index contributed by atoms with van der Waals surface area (Å²) in [7, 11) is 0. The molecule has 0 heterocycles. The van der Waals surface area contributed by atoms with Gasteiger partial charge in [0, 0.05) is 11.6 Å². The maximum absolute atomic E-state index is 13.8. The largest absolute Gasteiger partial charge is 0.314 e. The minimum atomic E-state index is -0.443. The zero-order valence-electron chi connectivity index (χ0n) is 14.0. The first kappa shape index (κ1) is 18.1. The molecule has 3 heteroatoms. The van der Waals surface area contributed by atoms with Crippen molar-refractivity contribution < 1.29 is 8.78 Å². The van der Waals surface area contributed by atoms with Gasteiger partial charge in [-0.3, -0.25) is 0 Å². The topological polar surface area (TPSA) is 12.0 Å². The highest BCUT2D eigenvalue weighted by Crippen LogP contribution is 2.27. The highest BCUT2D eigenvalue weighted by molar-refractivity contribution is 5.20. The summed E-state index contributed by atoms with van der Waals surface area (Å²) in [6, 6.07) is 4.19. The van der Waals surface area contributed by atoms with E-state index in [-0.39, 0.29) is 17.0 Å². The van der Waals surface area contributed by atoms with Gasteiger partial charge in [0.2, 0.25) is 0 Å². The molecule has 120 valence electrons. The van der Waals surface area contributed by atoms with Gasteiger partial charge in [0.1, 0.15) is 11.6 Å². The Balaban J connectivity index is 2.74. The summed E-state index contributed by atoms with van der Waals surface area (Å²) in [5.74, 6) is -0.369. The smallest absolute Gasteiger partial charge is 0.129 e. The van der Waals surface area contributed by atoms with Gasteiger partial charge in [0.15, 0.2) is 0 Å². The lowest BCUT2D eigenvalue weighted by Gasteiger charge is -2.27. The van der Waals surface area contributed by atoms with Crippen molar-refractivity contribution in [1.82, 2.24) is 5.32 Å². The molecule has 0 bridgehead atoms. The van der Waals surface area contributed by atoms with Crippen LogP contribution in [-0.2, 0) is 6.42 Å². The van der Waals surface area contributed by atoms with E-state index in [4.69, 9.17) is 0 Å². The monoisotopic (exact) mass is 297 g/mol. The minimum Gasteiger partial charge on any atom is -0.314 e. The van der Waals surface area contributed by atoms with E-state index >= 15 is 0 Å². The molecule has 0 aliphatic rings. The number of hydrogen-bond donors (Lipinski definition) is 1. The SMILES string of the molecule is CCNC(Cc1c(F)cccc1F)CC(C)CC(C)(C)C.